The largest absolute Gasteiger partial charge is 0.399 e. The summed E-state index contributed by atoms with van der Waals surface area (Å²) in [5.41, 5.74) is 8.45. The zero-order chi connectivity index (χ0) is 14.7. The van der Waals surface area contributed by atoms with Gasteiger partial charge in [0.25, 0.3) is 5.91 Å². The van der Waals surface area contributed by atoms with E-state index in [1.165, 1.54) is 0 Å². The Kier molecular flexibility index (Phi) is 3.34. The van der Waals surface area contributed by atoms with E-state index in [1.807, 2.05) is 12.1 Å². The lowest BCUT2D eigenvalue weighted by Crippen LogP contribution is -2.12. The van der Waals surface area contributed by atoms with Gasteiger partial charge in [0.05, 0.1) is 5.69 Å². The highest BCUT2D eigenvalue weighted by molar-refractivity contribution is 6.04. The van der Waals surface area contributed by atoms with Gasteiger partial charge in [-0.15, -0.1) is 0 Å². The number of carbonyl (C=O) groups is 1. The third-order valence-corrected chi connectivity index (χ3v) is 2.96. The van der Waals surface area contributed by atoms with Crippen molar-refractivity contribution in [2.75, 3.05) is 11.1 Å². The second-order valence-electron chi connectivity index (χ2n) is 4.48. The number of anilines is 2. The molecule has 3 aromatic rings. The molecule has 0 saturated carbocycles. The van der Waals surface area contributed by atoms with Gasteiger partial charge in [-0.05, 0) is 30.3 Å². The van der Waals surface area contributed by atoms with Gasteiger partial charge >= 0.3 is 0 Å². The van der Waals surface area contributed by atoms with E-state index in [0.29, 0.717) is 17.1 Å². The molecule has 0 saturated heterocycles. The number of aromatic nitrogens is 3. The summed E-state index contributed by atoms with van der Waals surface area (Å²) in [5, 5.41) is 9.67. The van der Waals surface area contributed by atoms with Gasteiger partial charge < -0.3 is 11.1 Å². The van der Waals surface area contributed by atoms with Crippen LogP contribution < -0.4 is 11.1 Å². The van der Waals surface area contributed by atoms with E-state index in [4.69, 9.17) is 5.73 Å². The van der Waals surface area contributed by atoms with Crippen molar-refractivity contribution in [3.8, 4) is 11.3 Å². The minimum Gasteiger partial charge on any atom is -0.399 e. The van der Waals surface area contributed by atoms with Crippen molar-refractivity contribution in [1.82, 2.24) is 15.2 Å². The summed E-state index contributed by atoms with van der Waals surface area (Å²) in [6.07, 6.45) is 3.39. The van der Waals surface area contributed by atoms with Crippen LogP contribution >= 0.6 is 0 Å². The average Bonchev–Trinajstić information content (AvgIpc) is 2.97. The van der Waals surface area contributed by atoms with Crippen molar-refractivity contribution < 1.29 is 4.79 Å². The van der Waals surface area contributed by atoms with Crippen molar-refractivity contribution in [1.29, 1.82) is 0 Å². The summed E-state index contributed by atoms with van der Waals surface area (Å²) in [6, 6.07) is 12.3. The fourth-order valence-corrected chi connectivity index (χ4v) is 1.93. The molecule has 2 heterocycles. The van der Waals surface area contributed by atoms with Crippen molar-refractivity contribution in [3.05, 3.63) is 60.4 Å². The summed E-state index contributed by atoms with van der Waals surface area (Å²) < 4.78 is 0. The zero-order valence-electron chi connectivity index (χ0n) is 11.1. The number of pyridine rings is 1. The lowest BCUT2D eigenvalue weighted by molar-refractivity contribution is 0.102. The first-order valence-electron chi connectivity index (χ1n) is 6.35. The van der Waals surface area contributed by atoms with Crippen LogP contribution in [0.4, 0.5) is 11.5 Å². The van der Waals surface area contributed by atoms with E-state index in [2.05, 4.69) is 20.5 Å². The van der Waals surface area contributed by atoms with Crippen molar-refractivity contribution >= 4 is 17.4 Å². The number of H-pyrrole nitrogens is 1. The van der Waals surface area contributed by atoms with Crippen LogP contribution in [-0.4, -0.2) is 21.1 Å². The van der Waals surface area contributed by atoms with Crippen molar-refractivity contribution in [2.24, 2.45) is 0 Å². The van der Waals surface area contributed by atoms with E-state index in [9.17, 15) is 4.79 Å². The van der Waals surface area contributed by atoms with E-state index >= 15 is 0 Å². The second kappa shape index (κ2) is 5.46. The Morgan fingerprint density at radius 2 is 1.95 bits per heavy atom. The van der Waals surface area contributed by atoms with Crippen LogP contribution in [0.2, 0.25) is 0 Å². The Balaban J connectivity index is 1.77. The summed E-state index contributed by atoms with van der Waals surface area (Å²) in [6.45, 7) is 0. The van der Waals surface area contributed by atoms with Gasteiger partial charge in [0.15, 0.2) is 5.82 Å². The predicted octanol–water partition coefficient (Wildman–Crippen LogP) is 2.31. The average molecular weight is 279 g/mol. The molecule has 0 spiro atoms. The Morgan fingerprint density at radius 3 is 2.71 bits per heavy atom. The monoisotopic (exact) mass is 279 g/mol. The summed E-state index contributed by atoms with van der Waals surface area (Å²) >= 11 is 0. The molecule has 6 nitrogen and oxygen atoms in total. The third kappa shape index (κ3) is 2.89. The third-order valence-electron chi connectivity index (χ3n) is 2.96. The molecule has 3 rings (SSSR count). The van der Waals surface area contributed by atoms with Gasteiger partial charge in [-0.1, -0.05) is 6.07 Å². The molecule has 6 heteroatoms. The Labute approximate surface area is 121 Å². The number of nitrogens with zero attached hydrogens (tertiary/aromatic N) is 2. The molecule has 0 fully saturated rings. The molecule has 2 aromatic heterocycles. The number of aromatic amines is 1. The lowest BCUT2D eigenvalue weighted by Gasteiger charge is -2.02. The number of carbonyl (C=O) groups excluding carboxylic acids is 1. The first-order valence-corrected chi connectivity index (χ1v) is 6.35. The highest BCUT2D eigenvalue weighted by atomic mass is 16.1. The van der Waals surface area contributed by atoms with Crippen molar-refractivity contribution in [3.63, 3.8) is 0 Å². The molecular formula is C15H13N5O. The molecule has 104 valence electrons. The molecule has 21 heavy (non-hydrogen) atoms. The minimum absolute atomic E-state index is 0.255. The summed E-state index contributed by atoms with van der Waals surface area (Å²) in [4.78, 5) is 16.0. The standard InChI is InChI=1S/C15H13N5O/c16-12-3-1-2-11(8-12)15(21)18-14-9-13(19-20-14)10-4-6-17-7-5-10/h1-9H,16H2,(H2,18,19,20,21). The highest BCUT2D eigenvalue weighted by Gasteiger charge is 2.09. The minimum atomic E-state index is -0.255. The molecular weight excluding hydrogens is 266 g/mol. The molecule has 0 radical (unpaired) electrons. The fourth-order valence-electron chi connectivity index (χ4n) is 1.93. The van der Waals surface area contributed by atoms with Crippen LogP contribution in [0, 0.1) is 0 Å². The predicted molar refractivity (Wildman–Crippen MR) is 80.6 cm³/mol. The van der Waals surface area contributed by atoms with E-state index in [1.54, 1.807) is 42.7 Å². The second-order valence-corrected chi connectivity index (χ2v) is 4.48. The summed E-state index contributed by atoms with van der Waals surface area (Å²) in [5.74, 6) is 0.198. The van der Waals surface area contributed by atoms with Gasteiger partial charge in [0, 0.05) is 35.3 Å². The maximum Gasteiger partial charge on any atom is 0.256 e. The van der Waals surface area contributed by atoms with Crippen LogP contribution in [0.1, 0.15) is 10.4 Å². The van der Waals surface area contributed by atoms with Gasteiger partial charge in [-0.3, -0.25) is 14.9 Å². The first kappa shape index (κ1) is 12.9. The normalized spacial score (nSPS) is 10.3. The molecule has 4 N–H and O–H groups in total. The Bertz CT molecular complexity index is 766. The number of benzene rings is 1. The van der Waals surface area contributed by atoms with E-state index < -0.39 is 0 Å². The Morgan fingerprint density at radius 1 is 1.14 bits per heavy atom. The van der Waals surface area contributed by atoms with Gasteiger partial charge in [-0.2, -0.15) is 5.10 Å². The first-order chi connectivity index (χ1) is 10.2. The van der Waals surface area contributed by atoms with Crippen LogP contribution in [-0.2, 0) is 0 Å². The van der Waals surface area contributed by atoms with E-state index in [0.717, 1.165) is 11.3 Å². The maximum atomic E-state index is 12.1. The number of rotatable bonds is 3. The van der Waals surface area contributed by atoms with Crippen LogP contribution in [0.5, 0.6) is 0 Å². The van der Waals surface area contributed by atoms with Gasteiger partial charge in [0.2, 0.25) is 0 Å². The Hall–Kier alpha value is -3.15. The molecule has 0 aliphatic carbocycles. The smallest absolute Gasteiger partial charge is 0.256 e. The molecule has 0 aliphatic rings. The zero-order valence-corrected chi connectivity index (χ0v) is 11.1. The SMILES string of the molecule is Nc1cccc(C(=O)Nc2cc(-c3ccncc3)[nH]n2)c1. The summed E-state index contributed by atoms with van der Waals surface area (Å²) in [7, 11) is 0. The van der Waals surface area contributed by atoms with Crippen LogP contribution in [0.15, 0.2) is 54.9 Å². The van der Waals surface area contributed by atoms with Crippen LogP contribution in [0.3, 0.4) is 0 Å². The highest BCUT2D eigenvalue weighted by Crippen LogP contribution is 2.19. The number of nitrogen functional groups attached to an aromatic ring is 1. The van der Waals surface area contributed by atoms with Crippen molar-refractivity contribution in [2.45, 2.75) is 0 Å². The number of hydrogen-bond donors (Lipinski definition) is 3. The topological polar surface area (TPSA) is 96.7 Å². The number of hydrogen-bond acceptors (Lipinski definition) is 4. The fraction of sp³-hybridized carbons (Fsp3) is 0. The maximum absolute atomic E-state index is 12.1. The molecule has 0 unspecified atom stereocenters. The molecule has 0 aliphatic heterocycles. The molecule has 1 aromatic carbocycles. The van der Waals surface area contributed by atoms with Crippen LogP contribution in [0.25, 0.3) is 11.3 Å². The number of amides is 1. The lowest BCUT2D eigenvalue weighted by atomic mass is 10.2. The number of nitrogens with two attached hydrogens (primary N) is 1. The molecule has 1 amide bonds. The quantitative estimate of drug-likeness (QED) is 0.641. The molecule has 0 atom stereocenters. The number of nitrogens with one attached hydrogen (secondary N) is 2. The van der Waals surface area contributed by atoms with Gasteiger partial charge in [-0.25, -0.2) is 0 Å². The van der Waals surface area contributed by atoms with E-state index in [-0.39, 0.29) is 5.91 Å². The van der Waals surface area contributed by atoms with Gasteiger partial charge in [0.1, 0.15) is 0 Å². The molecule has 0 bridgehead atoms.